The zero-order chi connectivity index (χ0) is 19.6. The highest BCUT2D eigenvalue weighted by Gasteiger charge is 2.39. The van der Waals surface area contributed by atoms with Crippen LogP contribution in [0.2, 0.25) is 0 Å². The van der Waals surface area contributed by atoms with Crippen LogP contribution in [-0.4, -0.2) is 67.2 Å². The number of methoxy groups -OCH3 is 1. The molecule has 8 heteroatoms. The quantitative estimate of drug-likeness (QED) is 0.587. The lowest BCUT2D eigenvalue weighted by molar-refractivity contribution is -0.148. The number of carboxylic acid groups (broad SMARTS) is 1. The average molecular weight is 378 g/mol. The fraction of sp³-hybridized carbons (Fsp3) is 0.526. The van der Waals surface area contributed by atoms with Crippen LogP contribution in [0, 0.1) is 5.92 Å². The number of ether oxygens (including phenoxy) is 2. The summed E-state index contributed by atoms with van der Waals surface area (Å²) in [5.41, 5.74) is 0. The molecule has 0 bridgehead atoms. The van der Waals surface area contributed by atoms with Crippen molar-refractivity contribution < 1.29 is 29.0 Å². The van der Waals surface area contributed by atoms with Gasteiger partial charge in [-0.3, -0.25) is 9.59 Å². The van der Waals surface area contributed by atoms with Crippen LogP contribution in [0.1, 0.15) is 19.3 Å². The Balaban J connectivity index is 1.69. The molecule has 0 radical (unpaired) electrons. The van der Waals surface area contributed by atoms with E-state index >= 15 is 0 Å². The number of carboxylic acids is 1. The van der Waals surface area contributed by atoms with Crippen molar-refractivity contribution in [2.75, 3.05) is 33.4 Å². The average Bonchev–Trinajstić information content (AvgIpc) is 3.09. The maximum Gasteiger partial charge on any atom is 0.326 e. The molecule has 0 saturated carbocycles. The fourth-order valence-corrected chi connectivity index (χ4v) is 3.09. The van der Waals surface area contributed by atoms with E-state index < -0.39 is 17.9 Å². The molecule has 2 rings (SSSR count). The number of likely N-dealkylation sites (tertiary alicyclic amines) is 1. The fourth-order valence-electron chi connectivity index (χ4n) is 3.09. The highest BCUT2D eigenvalue weighted by Crippen LogP contribution is 2.23. The molecule has 0 spiro atoms. The van der Waals surface area contributed by atoms with Crippen LogP contribution in [-0.2, 0) is 19.1 Å². The lowest BCUT2D eigenvalue weighted by Crippen LogP contribution is -2.45. The first kappa shape index (κ1) is 20.7. The van der Waals surface area contributed by atoms with Crippen molar-refractivity contribution in [1.82, 2.24) is 10.2 Å². The summed E-state index contributed by atoms with van der Waals surface area (Å²) < 4.78 is 10.6. The van der Waals surface area contributed by atoms with E-state index in [1.165, 1.54) is 4.90 Å². The first-order valence-electron chi connectivity index (χ1n) is 8.97. The first-order valence-corrected chi connectivity index (χ1v) is 8.97. The summed E-state index contributed by atoms with van der Waals surface area (Å²) in [5.74, 6) is -0.959. The molecular formula is C19H26N2O6. The SMILES string of the molecule is COC[C@H]1C[C@@H](C(=O)O)N(C(=O)CNC(=O)CCCOc2ccccc2)C1. The number of hydrogen-bond donors (Lipinski definition) is 2. The smallest absolute Gasteiger partial charge is 0.326 e. The number of para-hydroxylation sites is 1. The Morgan fingerprint density at radius 3 is 2.67 bits per heavy atom. The Labute approximate surface area is 158 Å². The van der Waals surface area contributed by atoms with Gasteiger partial charge in [0.2, 0.25) is 11.8 Å². The third kappa shape index (κ3) is 6.56. The summed E-state index contributed by atoms with van der Waals surface area (Å²) in [5, 5.41) is 11.9. The van der Waals surface area contributed by atoms with Gasteiger partial charge < -0.3 is 24.8 Å². The number of aliphatic carboxylic acids is 1. The van der Waals surface area contributed by atoms with Crippen LogP contribution in [0.4, 0.5) is 0 Å². The van der Waals surface area contributed by atoms with Crippen molar-refractivity contribution in [2.45, 2.75) is 25.3 Å². The number of nitrogens with zero attached hydrogens (tertiary/aromatic N) is 1. The maximum absolute atomic E-state index is 12.3. The Bertz CT molecular complexity index is 636. The number of benzene rings is 1. The normalized spacial score (nSPS) is 18.9. The van der Waals surface area contributed by atoms with E-state index in [9.17, 15) is 19.5 Å². The molecule has 0 unspecified atom stereocenters. The lowest BCUT2D eigenvalue weighted by Gasteiger charge is -2.21. The summed E-state index contributed by atoms with van der Waals surface area (Å²) in [6.07, 6.45) is 1.11. The highest BCUT2D eigenvalue weighted by molar-refractivity contribution is 5.88. The van der Waals surface area contributed by atoms with Gasteiger partial charge in [-0.25, -0.2) is 4.79 Å². The van der Waals surface area contributed by atoms with E-state index in [1.54, 1.807) is 7.11 Å². The molecule has 2 amide bonds. The molecule has 1 aliphatic rings. The van der Waals surface area contributed by atoms with Gasteiger partial charge in [0, 0.05) is 26.0 Å². The molecule has 1 saturated heterocycles. The summed E-state index contributed by atoms with van der Waals surface area (Å²) >= 11 is 0. The molecule has 2 atom stereocenters. The standard InChI is InChI=1S/C19H26N2O6/c1-26-13-14-10-16(19(24)25)21(12-14)18(23)11-20-17(22)8-5-9-27-15-6-3-2-4-7-15/h2-4,6-7,14,16H,5,8-13H2,1H3,(H,20,22)(H,24,25)/t14-,16-/m0/s1. The Kier molecular flexibility index (Phi) is 8.06. The van der Waals surface area contributed by atoms with E-state index in [4.69, 9.17) is 9.47 Å². The van der Waals surface area contributed by atoms with Crippen molar-refractivity contribution in [3.63, 3.8) is 0 Å². The molecule has 2 N–H and O–H groups in total. The molecule has 1 aromatic rings. The van der Waals surface area contributed by atoms with Crippen molar-refractivity contribution in [1.29, 1.82) is 0 Å². The minimum atomic E-state index is -1.04. The second-order valence-electron chi connectivity index (χ2n) is 6.50. The van der Waals surface area contributed by atoms with Crippen LogP contribution in [0.25, 0.3) is 0 Å². The Morgan fingerprint density at radius 2 is 2.00 bits per heavy atom. The molecule has 1 aromatic carbocycles. The van der Waals surface area contributed by atoms with Gasteiger partial charge >= 0.3 is 5.97 Å². The first-order chi connectivity index (χ1) is 13.0. The van der Waals surface area contributed by atoms with Crippen molar-refractivity contribution in [2.24, 2.45) is 5.92 Å². The Morgan fingerprint density at radius 1 is 1.26 bits per heavy atom. The van der Waals surface area contributed by atoms with Crippen molar-refractivity contribution in [3.8, 4) is 5.75 Å². The van der Waals surface area contributed by atoms with Crippen molar-refractivity contribution >= 4 is 17.8 Å². The van der Waals surface area contributed by atoms with Gasteiger partial charge in [0.15, 0.2) is 0 Å². The van der Waals surface area contributed by atoms with E-state index in [0.29, 0.717) is 32.6 Å². The largest absolute Gasteiger partial charge is 0.494 e. The van der Waals surface area contributed by atoms with Gasteiger partial charge in [0.25, 0.3) is 0 Å². The summed E-state index contributed by atoms with van der Waals surface area (Å²) in [6, 6.07) is 8.44. The topological polar surface area (TPSA) is 105 Å². The number of rotatable bonds is 10. The predicted octanol–water partition coefficient (Wildman–Crippen LogP) is 0.910. The van der Waals surface area contributed by atoms with E-state index in [2.05, 4.69) is 5.32 Å². The zero-order valence-electron chi connectivity index (χ0n) is 15.4. The molecule has 8 nitrogen and oxygen atoms in total. The monoisotopic (exact) mass is 378 g/mol. The highest BCUT2D eigenvalue weighted by atomic mass is 16.5. The number of hydrogen-bond acceptors (Lipinski definition) is 5. The van der Waals surface area contributed by atoms with Crippen molar-refractivity contribution in [3.05, 3.63) is 30.3 Å². The molecule has 148 valence electrons. The van der Waals surface area contributed by atoms with Gasteiger partial charge in [0.1, 0.15) is 11.8 Å². The lowest BCUT2D eigenvalue weighted by atomic mass is 10.1. The number of carbonyl (C=O) groups is 3. The molecule has 0 aliphatic carbocycles. The van der Waals surface area contributed by atoms with Crippen LogP contribution >= 0.6 is 0 Å². The van der Waals surface area contributed by atoms with Crippen LogP contribution in [0.15, 0.2) is 30.3 Å². The summed E-state index contributed by atoms with van der Waals surface area (Å²) in [4.78, 5) is 36.9. The molecule has 27 heavy (non-hydrogen) atoms. The number of carbonyl (C=O) groups excluding carboxylic acids is 2. The predicted molar refractivity (Wildman–Crippen MR) is 97.3 cm³/mol. The minimum absolute atomic E-state index is 0.00844. The van der Waals surface area contributed by atoms with E-state index in [0.717, 1.165) is 5.75 Å². The maximum atomic E-state index is 12.3. The molecule has 0 aromatic heterocycles. The van der Waals surface area contributed by atoms with Gasteiger partial charge in [-0.2, -0.15) is 0 Å². The van der Waals surface area contributed by atoms with Crippen LogP contribution in [0.3, 0.4) is 0 Å². The van der Waals surface area contributed by atoms with Gasteiger partial charge in [0.05, 0.1) is 19.8 Å². The third-order valence-corrected chi connectivity index (χ3v) is 4.39. The summed E-state index contributed by atoms with van der Waals surface area (Å²) in [6.45, 7) is 0.922. The minimum Gasteiger partial charge on any atom is -0.494 e. The number of amides is 2. The molecular weight excluding hydrogens is 352 g/mol. The second-order valence-corrected chi connectivity index (χ2v) is 6.50. The van der Waals surface area contributed by atoms with Gasteiger partial charge in [-0.05, 0) is 25.0 Å². The van der Waals surface area contributed by atoms with E-state index in [1.807, 2.05) is 30.3 Å². The Hall–Kier alpha value is -2.61. The van der Waals surface area contributed by atoms with E-state index in [-0.39, 0.29) is 24.8 Å². The van der Waals surface area contributed by atoms with Crippen LogP contribution in [0.5, 0.6) is 5.75 Å². The number of nitrogens with one attached hydrogen (secondary N) is 1. The van der Waals surface area contributed by atoms with Crippen LogP contribution < -0.4 is 10.1 Å². The zero-order valence-corrected chi connectivity index (χ0v) is 15.4. The summed E-state index contributed by atoms with van der Waals surface area (Å²) in [7, 11) is 1.54. The third-order valence-electron chi connectivity index (χ3n) is 4.39. The van der Waals surface area contributed by atoms with Gasteiger partial charge in [-0.1, -0.05) is 18.2 Å². The second kappa shape index (κ2) is 10.5. The molecule has 1 aliphatic heterocycles. The van der Waals surface area contributed by atoms with Gasteiger partial charge in [-0.15, -0.1) is 0 Å². The molecule has 1 fully saturated rings. The molecule has 1 heterocycles.